The van der Waals surface area contributed by atoms with Crippen LogP contribution < -0.4 is 4.74 Å². The van der Waals surface area contributed by atoms with E-state index in [2.05, 4.69) is 19.7 Å². The van der Waals surface area contributed by atoms with Crippen LogP contribution in [-0.4, -0.2) is 6.10 Å². The Labute approximate surface area is 101 Å². The summed E-state index contributed by atoms with van der Waals surface area (Å²) >= 11 is 9.91. The van der Waals surface area contributed by atoms with E-state index >= 15 is 0 Å². The molecule has 0 aliphatic heterocycles. The van der Waals surface area contributed by atoms with Crippen molar-refractivity contribution in [2.45, 2.75) is 20.0 Å². The summed E-state index contributed by atoms with van der Waals surface area (Å²) in [6.45, 7) is 3.95. The van der Waals surface area contributed by atoms with E-state index in [4.69, 9.17) is 16.3 Å². The summed E-state index contributed by atoms with van der Waals surface area (Å²) in [5.41, 5.74) is 0. The van der Waals surface area contributed by atoms with Crippen LogP contribution in [0.5, 0.6) is 5.75 Å². The molecule has 0 N–H and O–H groups in total. The zero-order chi connectivity index (χ0) is 10.3. The Kier molecular flexibility index (Phi) is 8.03. The van der Waals surface area contributed by atoms with Crippen LogP contribution in [0.1, 0.15) is 13.8 Å². The van der Waals surface area contributed by atoms with Gasteiger partial charge in [0, 0.05) is 5.75 Å². The summed E-state index contributed by atoms with van der Waals surface area (Å²) in [6.07, 6.45) is 0.187. The molecule has 0 unspecified atom stereocenters. The van der Waals surface area contributed by atoms with Gasteiger partial charge in [0.1, 0.15) is 0 Å². The summed E-state index contributed by atoms with van der Waals surface area (Å²) in [5.74, 6) is 0.740. The molecule has 0 amide bonds. The Balaban J connectivity index is 0.000000671. The van der Waals surface area contributed by atoms with Crippen LogP contribution in [-0.2, 0) is 16.3 Å². The van der Waals surface area contributed by atoms with Crippen molar-refractivity contribution in [3.05, 3.63) is 29.3 Å². The molecule has 0 atom stereocenters. The minimum atomic E-state index is 0.187. The van der Waals surface area contributed by atoms with Gasteiger partial charge in [-0.05, 0) is 13.8 Å². The number of benzene rings is 1. The van der Waals surface area contributed by atoms with Gasteiger partial charge in [0.2, 0.25) is 0 Å². The summed E-state index contributed by atoms with van der Waals surface area (Å²) in [5, 5.41) is 0.682. The molecule has 1 aromatic carbocycles. The molecule has 0 radical (unpaired) electrons. The van der Waals surface area contributed by atoms with Crippen molar-refractivity contribution in [1.29, 1.82) is 0 Å². The van der Waals surface area contributed by atoms with E-state index in [1.165, 1.54) is 16.3 Å². The van der Waals surface area contributed by atoms with Gasteiger partial charge in [-0.1, -0.05) is 5.02 Å². The molecule has 0 saturated carbocycles. The third-order valence-electron chi connectivity index (χ3n) is 1.11. The number of hydrogen-bond donors (Lipinski definition) is 0. The van der Waals surface area contributed by atoms with E-state index in [0.29, 0.717) is 5.02 Å². The second-order valence-corrected chi connectivity index (χ2v) is 2.97. The molecule has 0 aliphatic carbocycles. The van der Waals surface area contributed by atoms with E-state index in [1.54, 1.807) is 12.1 Å². The van der Waals surface area contributed by atoms with Crippen LogP contribution in [0, 0.1) is 6.07 Å². The van der Waals surface area contributed by atoms with Gasteiger partial charge in [0.15, 0.2) is 0 Å². The Morgan fingerprint density at radius 1 is 1.46 bits per heavy atom. The summed E-state index contributed by atoms with van der Waals surface area (Å²) in [4.78, 5) is 0. The molecule has 0 bridgehead atoms. The van der Waals surface area contributed by atoms with Crippen molar-refractivity contribution in [2.75, 3.05) is 0 Å². The number of rotatable bonds is 2. The normalized spacial score (nSPS) is 9.15. The molecule has 0 fully saturated rings. The molecule has 1 aromatic rings. The molecular weight excluding hydrogens is 305 g/mol. The fraction of sp³-hybridized carbons (Fsp3) is 0.333. The second kappa shape index (κ2) is 7.78. The van der Waals surface area contributed by atoms with Gasteiger partial charge in [-0.3, -0.25) is 0 Å². The topological polar surface area (TPSA) is 9.23 Å². The molecule has 1 nitrogen and oxygen atoms in total. The third kappa shape index (κ3) is 6.48. The Morgan fingerprint density at radius 3 is 2.46 bits per heavy atom. The van der Waals surface area contributed by atoms with Crippen LogP contribution in [0.2, 0.25) is 5.02 Å². The van der Waals surface area contributed by atoms with E-state index < -0.39 is 0 Å². The van der Waals surface area contributed by atoms with Gasteiger partial charge in [0.05, 0.1) is 6.10 Å². The van der Waals surface area contributed by atoms with Gasteiger partial charge in [-0.2, -0.15) is 23.7 Å². The minimum absolute atomic E-state index is 0.187. The molecule has 0 aliphatic rings. The first kappa shape index (κ1) is 13.4. The molecule has 68 valence electrons. The van der Waals surface area contributed by atoms with Crippen LogP contribution in [0.4, 0.5) is 0 Å². The predicted octanol–water partition coefficient (Wildman–Crippen LogP) is 3.77. The molecule has 0 saturated heterocycles. The average molecular weight is 315 g/mol. The molecule has 13 heavy (non-hydrogen) atoms. The standard InChI is InChI=1S/C9H10ClO.BrH.Zn/c1-7(2)11-9-5-3-8(10)4-6-9;;/h3-5,7H,1-2H3;1H;/q-1;;+2/p-1. The first-order valence-corrected chi connectivity index (χ1v) is 11.1. The first-order valence-electron chi connectivity index (χ1n) is 3.79. The molecular formula is C9H10BrClOZn. The third-order valence-corrected chi connectivity index (χ3v) is 1.34. The van der Waals surface area contributed by atoms with Crippen LogP contribution >= 0.6 is 25.2 Å². The van der Waals surface area contributed by atoms with E-state index in [-0.39, 0.29) is 6.10 Å². The number of hydrogen-bond acceptors (Lipinski definition) is 1. The van der Waals surface area contributed by atoms with Gasteiger partial charge in [0.25, 0.3) is 0 Å². The van der Waals surface area contributed by atoms with E-state index in [0.717, 1.165) is 5.75 Å². The van der Waals surface area contributed by atoms with E-state index in [9.17, 15) is 0 Å². The first-order chi connectivity index (χ1) is 6.18. The van der Waals surface area contributed by atoms with Crippen molar-refractivity contribution in [1.82, 2.24) is 0 Å². The van der Waals surface area contributed by atoms with Crippen molar-refractivity contribution >= 4 is 25.2 Å². The van der Waals surface area contributed by atoms with Gasteiger partial charge in [-0.25, -0.2) is 0 Å². The number of ether oxygens (including phenoxy) is 1. The van der Waals surface area contributed by atoms with Crippen LogP contribution in [0.15, 0.2) is 18.2 Å². The maximum absolute atomic E-state index is 5.66. The van der Waals surface area contributed by atoms with Gasteiger partial charge in [-0.15, -0.1) is 12.1 Å². The predicted molar refractivity (Wildman–Crippen MR) is 55.0 cm³/mol. The SMILES string of the molecule is CC(C)Oc1[c-]cc(Cl)cc1.[Zn+][Br]. The fourth-order valence-electron chi connectivity index (χ4n) is 0.719. The average Bonchev–Trinajstić information content (AvgIpc) is 2.12. The molecule has 1 rings (SSSR count). The Morgan fingerprint density at radius 2 is 2.08 bits per heavy atom. The molecule has 0 spiro atoms. The molecule has 0 heterocycles. The maximum atomic E-state index is 5.66. The second-order valence-electron chi connectivity index (χ2n) is 2.54. The van der Waals surface area contributed by atoms with Crippen molar-refractivity contribution in [2.24, 2.45) is 0 Å². The van der Waals surface area contributed by atoms with Crippen molar-refractivity contribution < 1.29 is 21.1 Å². The van der Waals surface area contributed by atoms with Gasteiger partial charge < -0.3 is 4.74 Å². The van der Waals surface area contributed by atoms with Crippen LogP contribution in [0.3, 0.4) is 0 Å². The number of halogens is 2. The van der Waals surface area contributed by atoms with Crippen molar-refractivity contribution in [3.8, 4) is 5.75 Å². The zero-order valence-corrected chi connectivity index (χ0v) is 13.0. The fourth-order valence-corrected chi connectivity index (χ4v) is 0.836. The monoisotopic (exact) mass is 312 g/mol. The Bertz CT molecular complexity index is 226. The zero-order valence-electron chi connectivity index (χ0n) is 7.68. The summed E-state index contributed by atoms with van der Waals surface area (Å²) in [7, 11) is 0. The van der Waals surface area contributed by atoms with E-state index in [1.807, 2.05) is 19.9 Å². The molecule has 4 heteroatoms. The quantitative estimate of drug-likeness (QED) is 0.596. The summed E-state index contributed by atoms with van der Waals surface area (Å²) < 4.78 is 5.35. The van der Waals surface area contributed by atoms with Crippen molar-refractivity contribution in [3.63, 3.8) is 0 Å². The Hall–Kier alpha value is 0.413. The van der Waals surface area contributed by atoms with Crippen LogP contribution in [0.25, 0.3) is 0 Å². The van der Waals surface area contributed by atoms with Gasteiger partial charge >= 0.3 is 30.0 Å². The summed E-state index contributed by atoms with van der Waals surface area (Å²) in [6, 6.07) is 8.20. The molecule has 0 aromatic heterocycles.